The molecule has 158 valence electrons. The van der Waals surface area contributed by atoms with Crippen LogP contribution in [0.15, 0.2) is 66.0 Å². The van der Waals surface area contributed by atoms with E-state index in [1.54, 1.807) is 18.7 Å². The van der Waals surface area contributed by atoms with E-state index < -0.39 is 6.10 Å². The number of hydrogen-bond donors (Lipinski definition) is 1. The minimum atomic E-state index is -0.669. The Morgan fingerprint density at radius 2 is 1.84 bits per heavy atom. The molecule has 4 aromatic rings. The van der Waals surface area contributed by atoms with Gasteiger partial charge in [0.25, 0.3) is 5.91 Å². The molecule has 0 fully saturated rings. The molecule has 7 nitrogen and oxygen atoms in total. The Kier molecular flexibility index (Phi) is 5.99. The van der Waals surface area contributed by atoms with Crippen molar-refractivity contribution in [2.75, 3.05) is 12.4 Å². The van der Waals surface area contributed by atoms with Gasteiger partial charge >= 0.3 is 0 Å². The first-order valence-electron chi connectivity index (χ1n) is 9.73. The Balaban J connectivity index is 1.52. The van der Waals surface area contributed by atoms with E-state index in [0.717, 1.165) is 22.7 Å². The van der Waals surface area contributed by atoms with Crippen LogP contribution in [0, 0.1) is 6.92 Å². The fraction of sp³-hybridized carbons (Fsp3) is 0.174. The molecule has 2 heterocycles. The number of rotatable bonds is 7. The summed E-state index contributed by atoms with van der Waals surface area (Å²) in [5.74, 6) is 1.70. The zero-order chi connectivity index (χ0) is 21.8. The van der Waals surface area contributed by atoms with Gasteiger partial charge < -0.3 is 14.8 Å². The molecule has 2 aromatic carbocycles. The van der Waals surface area contributed by atoms with Crippen LogP contribution < -0.4 is 14.8 Å². The van der Waals surface area contributed by atoms with Crippen molar-refractivity contribution >= 4 is 23.1 Å². The Morgan fingerprint density at radius 3 is 2.55 bits per heavy atom. The second-order valence-corrected chi connectivity index (χ2v) is 7.73. The molecular formula is C23H22N4O3S. The van der Waals surface area contributed by atoms with Gasteiger partial charge in [-0.05, 0) is 50.2 Å². The van der Waals surface area contributed by atoms with Crippen LogP contribution in [0.3, 0.4) is 0 Å². The Morgan fingerprint density at radius 1 is 1.10 bits per heavy atom. The first-order valence-corrected chi connectivity index (χ1v) is 10.6. The van der Waals surface area contributed by atoms with Gasteiger partial charge in [-0.15, -0.1) is 11.3 Å². The molecular weight excluding hydrogens is 412 g/mol. The van der Waals surface area contributed by atoms with Crippen LogP contribution in [0.2, 0.25) is 0 Å². The molecule has 0 aliphatic rings. The van der Waals surface area contributed by atoms with Gasteiger partial charge in [-0.25, -0.2) is 4.98 Å². The van der Waals surface area contributed by atoms with Crippen molar-refractivity contribution in [2.45, 2.75) is 20.0 Å². The molecule has 0 saturated carbocycles. The zero-order valence-corrected chi connectivity index (χ0v) is 18.2. The molecule has 1 unspecified atom stereocenters. The summed E-state index contributed by atoms with van der Waals surface area (Å²) in [7, 11) is 1.64. The SMILES string of the molecule is COc1ccc(-c2csc(-n3nc(C)cc3NC(=O)C(C)Oc3ccccc3)n2)cc1. The monoisotopic (exact) mass is 434 g/mol. The third-order valence-electron chi connectivity index (χ3n) is 4.57. The molecule has 0 saturated heterocycles. The molecule has 2 aromatic heterocycles. The van der Waals surface area contributed by atoms with E-state index in [1.165, 1.54) is 11.3 Å². The molecule has 0 aliphatic heterocycles. The minimum Gasteiger partial charge on any atom is -0.497 e. The van der Waals surface area contributed by atoms with E-state index in [4.69, 9.17) is 14.5 Å². The lowest BCUT2D eigenvalue weighted by Crippen LogP contribution is -2.30. The topological polar surface area (TPSA) is 78.3 Å². The number of hydrogen-bond acceptors (Lipinski definition) is 6. The number of ether oxygens (including phenoxy) is 2. The highest BCUT2D eigenvalue weighted by Crippen LogP contribution is 2.27. The fourth-order valence-corrected chi connectivity index (χ4v) is 3.77. The van der Waals surface area contributed by atoms with Gasteiger partial charge in [-0.3, -0.25) is 4.79 Å². The number of nitrogens with one attached hydrogen (secondary N) is 1. The number of anilines is 1. The summed E-state index contributed by atoms with van der Waals surface area (Å²) in [6.45, 7) is 3.58. The fourth-order valence-electron chi connectivity index (χ4n) is 2.97. The summed E-state index contributed by atoms with van der Waals surface area (Å²) >= 11 is 1.45. The van der Waals surface area contributed by atoms with Gasteiger partial charge in [0.05, 0.1) is 18.5 Å². The minimum absolute atomic E-state index is 0.267. The zero-order valence-electron chi connectivity index (χ0n) is 17.4. The smallest absolute Gasteiger partial charge is 0.266 e. The van der Waals surface area contributed by atoms with Crippen LogP contribution in [0.1, 0.15) is 12.6 Å². The largest absolute Gasteiger partial charge is 0.497 e. The molecule has 31 heavy (non-hydrogen) atoms. The molecule has 0 bridgehead atoms. The first-order chi connectivity index (χ1) is 15.0. The lowest BCUT2D eigenvalue weighted by Gasteiger charge is -2.14. The summed E-state index contributed by atoms with van der Waals surface area (Å²) in [6.07, 6.45) is -0.669. The highest BCUT2D eigenvalue weighted by atomic mass is 32.1. The van der Waals surface area contributed by atoms with Crippen LogP contribution in [0.25, 0.3) is 16.4 Å². The van der Waals surface area contributed by atoms with Gasteiger partial charge in [0.2, 0.25) is 5.13 Å². The number of carbonyl (C=O) groups is 1. The Bertz CT molecular complexity index is 1170. The summed E-state index contributed by atoms with van der Waals surface area (Å²) < 4.78 is 12.6. The molecule has 0 spiro atoms. The van der Waals surface area contributed by atoms with Gasteiger partial charge in [-0.1, -0.05) is 18.2 Å². The number of aromatic nitrogens is 3. The number of benzene rings is 2. The Hall–Kier alpha value is -3.65. The van der Waals surface area contributed by atoms with Crippen molar-refractivity contribution in [3.8, 4) is 27.9 Å². The first kappa shape index (κ1) is 20.6. The van der Waals surface area contributed by atoms with E-state index in [1.807, 2.05) is 73.0 Å². The second kappa shape index (κ2) is 9.01. The number of carbonyl (C=O) groups excluding carboxylic acids is 1. The average Bonchev–Trinajstić information content (AvgIpc) is 3.41. The van der Waals surface area contributed by atoms with Crippen molar-refractivity contribution in [3.63, 3.8) is 0 Å². The molecule has 1 atom stereocenters. The van der Waals surface area contributed by atoms with Crippen molar-refractivity contribution < 1.29 is 14.3 Å². The number of methoxy groups -OCH3 is 1. The van der Waals surface area contributed by atoms with Crippen LogP contribution in [0.5, 0.6) is 11.5 Å². The highest BCUT2D eigenvalue weighted by molar-refractivity contribution is 7.12. The van der Waals surface area contributed by atoms with E-state index in [0.29, 0.717) is 16.7 Å². The summed E-state index contributed by atoms with van der Waals surface area (Å²) in [4.78, 5) is 17.4. The summed E-state index contributed by atoms with van der Waals surface area (Å²) in [5.41, 5.74) is 2.57. The van der Waals surface area contributed by atoms with E-state index in [-0.39, 0.29) is 5.91 Å². The van der Waals surface area contributed by atoms with Crippen molar-refractivity contribution in [1.29, 1.82) is 0 Å². The van der Waals surface area contributed by atoms with Crippen molar-refractivity contribution in [3.05, 3.63) is 71.7 Å². The standard InChI is InChI=1S/C23H22N4O3S/c1-15-13-21(25-22(28)16(2)30-19-7-5-4-6-8-19)27(26-15)23-24-20(14-31-23)17-9-11-18(29-3)12-10-17/h4-14,16H,1-3H3,(H,25,28). The van der Waals surface area contributed by atoms with Crippen LogP contribution in [-0.2, 0) is 4.79 Å². The van der Waals surface area contributed by atoms with Crippen molar-refractivity contribution in [2.24, 2.45) is 0 Å². The molecule has 0 radical (unpaired) electrons. The number of nitrogens with zero attached hydrogens (tertiary/aromatic N) is 3. The lowest BCUT2D eigenvalue weighted by molar-refractivity contribution is -0.122. The second-order valence-electron chi connectivity index (χ2n) is 6.89. The number of thiazole rings is 1. The molecule has 1 N–H and O–H groups in total. The summed E-state index contributed by atoms with van der Waals surface area (Å²) in [5, 5.41) is 10.0. The number of aryl methyl sites for hydroxylation is 1. The molecule has 1 amide bonds. The third kappa shape index (κ3) is 4.75. The van der Waals surface area contributed by atoms with Crippen LogP contribution in [0.4, 0.5) is 5.82 Å². The van der Waals surface area contributed by atoms with E-state index in [2.05, 4.69) is 10.4 Å². The molecule has 8 heteroatoms. The maximum absolute atomic E-state index is 12.7. The number of para-hydroxylation sites is 1. The number of amides is 1. The van der Waals surface area contributed by atoms with Crippen LogP contribution in [-0.4, -0.2) is 33.9 Å². The predicted octanol–water partition coefficient (Wildman–Crippen LogP) is 4.72. The average molecular weight is 435 g/mol. The predicted molar refractivity (Wildman–Crippen MR) is 121 cm³/mol. The quantitative estimate of drug-likeness (QED) is 0.455. The lowest BCUT2D eigenvalue weighted by atomic mass is 10.2. The summed E-state index contributed by atoms with van der Waals surface area (Å²) in [6, 6.07) is 18.8. The Labute approximate surface area is 184 Å². The van der Waals surface area contributed by atoms with Gasteiger partial charge in [0, 0.05) is 17.0 Å². The van der Waals surface area contributed by atoms with E-state index >= 15 is 0 Å². The van der Waals surface area contributed by atoms with Crippen molar-refractivity contribution in [1.82, 2.24) is 14.8 Å². The highest BCUT2D eigenvalue weighted by Gasteiger charge is 2.19. The van der Waals surface area contributed by atoms with Gasteiger partial charge in [0.1, 0.15) is 17.3 Å². The van der Waals surface area contributed by atoms with Gasteiger partial charge in [0.15, 0.2) is 6.10 Å². The van der Waals surface area contributed by atoms with E-state index in [9.17, 15) is 4.79 Å². The maximum atomic E-state index is 12.7. The van der Waals surface area contributed by atoms with Crippen LogP contribution >= 0.6 is 11.3 Å². The third-order valence-corrected chi connectivity index (χ3v) is 5.38. The molecule has 0 aliphatic carbocycles. The van der Waals surface area contributed by atoms with Gasteiger partial charge in [-0.2, -0.15) is 9.78 Å². The molecule has 4 rings (SSSR count). The maximum Gasteiger partial charge on any atom is 0.266 e. The normalized spacial score (nSPS) is 11.7.